The summed E-state index contributed by atoms with van der Waals surface area (Å²) in [6, 6.07) is 5.34. The van der Waals surface area contributed by atoms with Crippen LogP contribution in [0.2, 0.25) is 0 Å². The number of halogens is 1. The summed E-state index contributed by atoms with van der Waals surface area (Å²) in [6.07, 6.45) is 1.92. The Bertz CT molecular complexity index is 450. The third-order valence-electron chi connectivity index (χ3n) is 4.11. The minimum Gasteiger partial charge on any atom is -0.396 e. The van der Waals surface area contributed by atoms with Crippen LogP contribution < -0.4 is 10.2 Å². The molecule has 1 aromatic rings. The number of nitrogens with zero attached hydrogens (tertiary/aromatic N) is 1. The van der Waals surface area contributed by atoms with Crippen LogP contribution in [0.25, 0.3) is 0 Å². The molecule has 4 heteroatoms. The maximum Gasteiger partial charge on any atom is 0.129 e. The summed E-state index contributed by atoms with van der Waals surface area (Å²) in [5.41, 5.74) is 1.77. The fourth-order valence-corrected chi connectivity index (χ4v) is 2.97. The minimum absolute atomic E-state index is 0.130. The number of nitrogens with one attached hydrogen (secondary N) is 1. The molecular weight excluding hydrogens is 267 g/mol. The lowest BCUT2D eigenvalue weighted by Gasteiger charge is -2.23. The van der Waals surface area contributed by atoms with Gasteiger partial charge in [0.25, 0.3) is 0 Å². The van der Waals surface area contributed by atoms with Gasteiger partial charge in [0.2, 0.25) is 0 Å². The van der Waals surface area contributed by atoms with E-state index in [1.54, 1.807) is 6.07 Å². The summed E-state index contributed by atoms with van der Waals surface area (Å²) in [7, 11) is 0. The number of anilines is 1. The normalized spacial score (nSPS) is 18.7. The number of benzene rings is 1. The summed E-state index contributed by atoms with van der Waals surface area (Å²) in [4.78, 5) is 2.26. The Kier molecular flexibility index (Phi) is 6.00. The van der Waals surface area contributed by atoms with Crippen molar-refractivity contribution in [2.45, 2.75) is 33.2 Å². The zero-order chi connectivity index (χ0) is 15.2. The molecule has 1 fully saturated rings. The number of aliphatic hydroxyl groups excluding tert-OH is 1. The average molecular weight is 294 g/mol. The van der Waals surface area contributed by atoms with Gasteiger partial charge in [-0.3, -0.25) is 0 Å². The summed E-state index contributed by atoms with van der Waals surface area (Å²) < 4.78 is 14.2. The van der Waals surface area contributed by atoms with E-state index in [0.717, 1.165) is 43.7 Å². The van der Waals surface area contributed by atoms with Gasteiger partial charge in [0.1, 0.15) is 5.82 Å². The van der Waals surface area contributed by atoms with Crippen LogP contribution >= 0.6 is 0 Å². The summed E-state index contributed by atoms with van der Waals surface area (Å²) in [5, 5.41) is 12.4. The fraction of sp³-hybridized carbons (Fsp3) is 0.647. The Morgan fingerprint density at radius 1 is 1.43 bits per heavy atom. The molecule has 0 radical (unpaired) electrons. The number of hydrogen-bond acceptors (Lipinski definition) is 3. The largest absolute Gasteiger partial charge is 0.396 e. The Hall–Kier alpha value is -1.13. The van der Waals surface area contributed by atoms with Gasteiger partial charge in [-0.1, -0.05) is 19.9 Å². The van der Waals surface area contributed by atoms with Crippen molar-refractivity contribution in [1.29, 1.82) is 0 Å². The van der Waals surface area contributed by atoms with Crippen LogP contribution in [0.1, 0.15) is 32.3 Å². The van der Waals surface area contributed by atoms with Crippen molar-refractivity contribution < 1.29 is 9.50 Å². The molecule has 0 aliphatic carbocycles. The zero-order valence-electron chi connectivity index (χ0n) is 13.1. The van der Waals surface area contributed by atoms with Crippen molar-refractivity contribution in [2.75, 3.05) is 31.1 Å². The van der Waals surface area contributed by atoms with E-state index in [4.69, 9.17) is 5.11 Å². The van der Waals surface area contributed by atoms with Crippen LogP contribution in [0.5, 0.6) is 0 Å². The van der Waals surface area contributed by atoms with Crippen molar-refractivity contribution in [3.63, 3.8) is 0 Å². The van der Waals surface area contributed by atoms with E-state index in [1.807, 2.05) is 6.07 Å². The van der Waals surface area contributed by atoms with E-state index in [1.165, 1.54) is 6.07 Å². The van der Waals surface area contributed by atoms with E-state index in [-0.39, 0.29) is 12.4 Å². The van der Waals surface area contributed by atoms with Crippen LogP contribution in [0.15, 0.2) is 18.2 Å². The maximum atomic E-state index is 14.2. The lowest BCUT2D eigenvalue weighted by atomic mass is 10.1. The Labute approximate surface area is 127 Å². The first-order chi connectivity index (χ1) is 10.1. The standard InChI is InChI=1S/C17H27FN2O/c1-13(2)10-19-11-15-16(18)4-3-5-17(15)20-8-6-14(12-20)7-9-21/h3-5,13-14,19,21H,6-12H2,1-2H3. The van der Waals surface area contributed by atoms with Crippen LogP contribution in [0.4, 0.5) is 10.1 Å². The van der Waals surface area contributed by atoms with Gasteiger partial charge in [0, 0.05) is 37.5 Å². The van der Waals surface area contributed by atoms with E-state index < -0.39 is 0 Å². The van der Waals surface area contributed by atoms with Crippen molar-refractivity contribution >= 4 is 5.69 Å². The highest BCUT2D eigenvalue weighted by Gasteiger charge is 2.24. The first-order valence-corrected chi connectivity index (χ1v) is 7.95. The number of hydrogen-bond donors (Lipinski definition) is 2. The minimum atomic E-state index is -0.130. The van der Waals surface area contributed by atoms with Crippen molar-refractivity contribution in [2.24, 2.45) is 11.8 Å². The quantitative estimate of drug-likeness (QED) is 0.812. The first kappa shape index (κ1) is 16.2. The fourth-order valence-electron chi connectivity index (χ4n) is 2.97. The van der Waals surface area contributed by atoms with Gasteiger partial charge in [-0.15, -0.1) is 0 Å². The molecular formula is C17H27FN2O. The molecule has 0 amide bonds. The summed E-state index contributed by atoms with van der Waals surface area (Å²) >= 11 is 0. The predicted octanol–water partition coefficient (Wildman–Crippen LogP) is 2.78. The monoisotopic (exact) mass is 294 g/mol. The van der Waals surface area contributed by atoms with E-state index in [0.29, 0.717) is 18.4 Å². The van der Waals surface area contributed by atoms with Crippen molar-refractivity contribution in [3.8, 4) is 0 Å². The molecule has 0 saturated carbocycles. The molecule has 1 saturated heterocycles. The lowest BCUT2D eigenvalue weighted by Crippen LogP contribution is -2.25. The molecule has 1 atom stereocenters. The van der Waals surface area contributed by atoms with Crippen LogP contribution in [0, 0.1) is 17.7 Å². The molecule has 2 rings (SSSR count). The Morgan fingerprint density at radius 3 is 2.95 bits per heavy atom. The second-order valence-corrected chi connectivity index (χ2v) is 6.38. The molecule has 1 aromatic carbocycles. The molecule has 1 aliphatic rings. The van der Waals surface area contributed by atoms with E-state index >= 15 is 0 Å². The van der Waals surface area contributed by atoms with E-state index in [2.05, 4.69) is 24.1 Å². The van der Waals surface area contributed by atoms with Gasteiger partial charge in [-0.05, 0) is 43.4 Å². The molecule has 1 heterocycles. The first-order valence-electron chi connectivity index (χ1n) is 7.95. The third-order valence-corrected chi connectivity index (χ3v) is 4.11. The molecule has 3 nitrogen and oxygen atoms in total. The SMILES string of the molecule is CC(C)CNCc1c(F)cccc1N1CCC(CCO)C1. The Balaban J connectivity index is 2.07. The number of aliphatic hydroxyl groups is 1. The zero-order valence-corrected chi connectivity index (χ0v) is 13.1. The van der Waals surface area contributed by atoms with Gasteiger partial charge in [-0.2, -0.15) is 0 Å². The third kappa shape index (κ3) is 4.42. The average Bonchev–Trinajstić information content (AvgIpc) is 2.89. The topological polar surface area (TPSA) is 35.5 Å². The second-order valence-electron chi connectivity index (χ2n) is 6.38. The molecule has 2 N–H and O–H groups in total. The molecule has 0 bridgehead atoms. The van der Waals surface area contributed by atoms with Crippen molar-refractivity contribution in [1.82, 2.24) is 5.32 Å². The molecule has 0 spiro atoms. The van der Waals surface area contributed by atoms with Gasteiger partial charge in [0.15, 0.2) is 0 Å². The second kappa shape index (κ2) is 7.76. The highest BCUT2D eigenvalue weighted by Crippen LogP contribution is 2.29. The van der Waals surface area contributed by atoms with Crippen LogP contribution in [-0.2, 0) is 6.54 Å². The van der Waals surface area contributed by atoms with Crippen LogP contribution in [0.3, 0.4) is 0 Å². The van der Waals surface area contributed by atoms with Crippen molar-refractivity contribution in [3.05, 3.63) is 29.6 Å². The highest BCUT2D eigenvalue weighted by molar-refractivity contribution is 5.55. The van der Waals surface area contributed by atoms with Gasteiger partial charge >= 0.3 is 0 Å². The Morgan fingerprint density at radius 2 is 2.24 bits per heavy atom. The smallest absolute Gasteiger partial charge is 0.129 e. The molecule has 1 unspecified atom stereocenters. The molecule has 21 heavy (non-hydrogen) atoms. The predicted molar refractivity (Wildman–Crippen MR) is 85.0 cm³/mol. The maximum absolute atomic E-state index is 14.2. The van der Waals surface area contributed by atoms with Crippen LogP contribution in [-0.4, -0.2) is 31.3 Å². The van der Waals surface area contributed by atoms with Gasteiger partial charge in [0.05, 0.1) is 0 Å². The lowest BCUT2D eigenvalue weighted by molar-refractivity contribution is 0.263. The van der Waals surface area contributed by atoms with E-state index in [9.17, 15) is 4.39 Å². The number of rotatable bonds is 7. The molecule has 1 aliphatic heterocycles. The molecule has 118 valence electrons. The summed E-state index contributed by atoms with van der Waals surface area (Å²) in [6.45, 7) is 7.86. The van der Waals surface area contributed by atoms with Gasteiger partial charge < -0.3 is 15.3 Å². The highest BCUT2D eigenvalue weighted by atomic mass is 19.1. The van der Waals surface area contributed by atoms with Gasteiger partial charge in [-0.25, -0.2) is 4.39 Å². The summed E-state index contributed by atoms with van der Waals surface area (Å²) in [5.74, 6) is 0.949. The molecule has 0 aromatic heterocycles.